The van der Waals surface area contributed by atoms with Crippen LogP contribution in [0, 0.1) is 0 Å². The third-order valence-electron chi connectivity index (χ3n) is 3.53. The van der Waals surface area contributed by atoms with E-state index in [0.717, 1.165) is 25.5 Å². The monoisotopic (exact) mass is 216 g/mol. The highest BCUT2D eigenvalue weighted by Crippen LogP contribution is 2.33. The minimum atomic E-state index is 0.137. The Morgan fingerprint density at radius 2 is 2.06 bits per heavy atom. The Morgan fingerprint density at radius 1 is 1.31 bits per heavy atom. The summed E-state index contributed by atoms with van der Waals surface area (Å²) in [5.74, 6) is 0.137. The van der Waals surface area contributed by atoms with Crippen LogP contribution in [0.4, 0.5) is 0 Å². The van der Waals surface area contributed by atoms with Crippen molar-refractivity contribution in [3.63, 3.8) is 0 Å². The second-order valence-corrected chi connectivity index (χ2v) is 5.80. The summed E-state index contributed by atoms with van der Waals surface area (Å²) >= 11 is 0. The zero-order valence-corrected chi connectivity index (χ0v) is 10.4. The molecule has 1 aliphatic rings. The van der Waals surface area contributed by atoms with Crippen LogP contribution in [0.25, 0.3) is 0 Å². The van der Waals surface area contributed by atoms with Crippen molar-refractivity contribution in [1.82, 2.24) is 0 Å². The van der Waals surface area contributed by atoms with Crippen LogP contribution < -0.4 is 0 Å². The lowest BCUT2D eigenvalue weighted by Gasteiger charge is -2.25. The minimum absolute atomic E-state index is 0.137. The van der Waals surface area contributed by atoms with Crippen molar-refractivity contribution >= 4 is 6.29 Å². The summed E-state index contributed by atoms with van der Waals surface area (Å²) in [6.45, 7) is 6.69. The van der Waals surface area contributed by atoms with Gasteiger partial charge in [-0.15, -0.1) is 0 Å². The van der Waals surface area contributed by atoms with Crippen LogP contribution in [0.3, 0.4) is 0 Å². The number of aldehydes is 1. The Morgan fingerprint density at radius 3 is 2.69 bits per heavy atom. The minimum Gasteiger partial charge on any atom is -0.303 e. The fourth-order valence-electron chi connectivity index (χ4n) is 2.46. The van der Waals surface area contributed by atoms with E-state index in [4.69, 9.17) is 0 Å². The standard InChI is InChI=1S/C15H20O/c1-15(2,3)13-7-8-14-11(9-13)5-4-6-12(14)10-16/h7-10,12H,4-6H2,1-3H3. The van der Waals surface area contributed by atoms with Crippen LogP contribution in [-0.2, 0) is 16.6 Å². The van der Waals surface area contributed by atoms with Crippen molar-refractivity contribution in [2.75, 3.05) is 0 Å². The molecule has 1 atom stereocenters. The molecule has 2 rings (SSSR count). The van der Waals surface area contributed by atoms with Crippen LogP contribution in [0.5, 0.6) is 0 Å². The van der Waals surface area contributed by atoms with E-state index < -0.39 is 0 Å². The summed E-state index contributed by atoms with van der Waals surface area (Å²) in [6, 6.07) is 6.64. The van der Waals surface area contributed by atoms with Gasteiger partial charge in [0.25, 0.3) is 0 Å². The van der Waals surface area contributed by atoms with Gasteiger partial charge in [-0.2, -0.15) is 0 Å². The smallest absolute Gasteiger partial charge is 0.127 e. The van der Waals surface area contributed by atoms with E-state index in [2.05, 4.69) is 39.0 Å². The lowest BCUT2D eigenvalue weighted by atomic mass is 9.79. The molecule has 0 amide bonds. The largest absolute Gasteiger partial charge is 0.303 e. The van der Waals surface area contributed by atoms with Crippen LogP contribution in [0.15, 0.2) is 18.2 Å². The third kappa shape index (κ3) is 2.04. The second-order valence-electron chi connectivity index (χ2n) is 5.80. The van der Waals surface area contributed by atoms with E-state index in [0.29, 0.717) is 0 Å². The molecule has 1 heteroatoms. The Bertz CT molecular complexity index is 398. The van der Waals surface area contributed by atoms with Gasteiger partial charge in [0, 0.05) is 5.92 Å². The van der Waals surface area contributed by atoms with E-state index in [1.54, 1.807) is 0 Å². The molecule has 0 saturated carbocycles. The highest BCUT2D eigenvalue weighted by atomic mass is 16.1. The molecule has 16 heavy (non-hydrogen) atoms. The van der Waals surface area contributed by atoms with Gasteiger partial charge in [-0.3, -0.25) is 0 Å². The Labute approximate surface area is 97.9 Å². The number of carbonyl (C=O) groups is 1. The van der Waals surface area contributed by atoms with E-state index in [-0.39, 0.29) is 11.3 Å². The zero-order chi connectivity index (χ0) is 11.8. The van der Waals surface area contributed by atoms with Crippen LogP contribution in [0.2, 0.25) is 0 Å². The molecule has 1 aromatic rings. The first-order chi connectivity index (χ1) is 7.52. The SMILES string of the molecule is CC(C)(C)c1ccc2c(c1)CCCC2C=O. The summed E-state index contributed by atoms with van der Waals surface area (Å²) in [6.07, 6.45) is 4.40. The van der Waals surface area contributed by atoms with Gasteiger partial charge in [-0.1, -0.05) is 39.0 Å². The number of benzene rings is 1. The number of hydrogen-bond acceptors (Lipinski definition) is 1. The second kappa shape index (κ2) is 4.04. The zero-order valence-electron chi connectivity index (χ0n) is 10.4. The van der Waals surface area contributed by atoms with Gasteiger partial charge in [0.2, 0.25) is 0 Å². The van der Waals surface area contributed by atoms with Gasteiger partial charge in [-0.05, 0) is 41.4 Å². The third-order valence-corrected chi connectivity index (χ3v) is 3.53. The molecule has 0 heterocycles. The Kier molecular flexibility index (Phi) is 2.88. The summed E-state index contributed by atoms with van der Waals surface area (Å²) in [4.78, 5) is 11.0. The normalized spacial score (nSPS) is 20.3. The Hall–Kier alpha value is -1.11. The van der Waals surface area contributed by atoms with Crippen molar-refractivity contribution in [3.05, 3.63) is 34.9 Å². The quantitative estimate of drug-likeness (QED) is 0.655. The molecule has 1 unspecified atom stereocenters. The number of rotatable bonds is 1. The maximum atomic E-state index is 11.0. The molecule has 1 nitrogen and oxygen atoms in total. The van der Waals surface area contributed by atoms with Crippen LogP contribution in [-0.4, -0.2) is 6.29 Å². The molecular formula is C15H20O. The van der Waals surface area contributed by atoms with E-state index in [1.165, 1.54) is 16.7 Å². The molecule has 0 saturated heterocycles. The summed E-state index contributed by atoms with van der Waals surface area (Å²) in [5.41, 5.74) is 4.21. The van der Waals surface area contributed by atoms with Crippen molar-refractivity contribution in [2.24, 2.45) is 0 Å². The fraction of sp³-hybridized carbons (Fsp3) is 0.533. The van der Waals surface area contributed by atoms with Crippen LogP contribution in [0.1, 0.15) is 56.2 Å². The molecule has 0 aliphatic heterocycles. The predicted molar refractivity (Wildman–Crippen MR) is 66.9 cm³/mol. The highest BCUT2D eigenvalue weighted by molar-refractivity contribution is 5.64. The number of carbonyl (C=O) groups excluding carboxylic acids is 1. The van der Waals surface area contributed by atoms with Gasteiger partial charge in [0.1, 0.15) is 6.29 Å². The molecule has 0 aromatic heterocycles. The predicted octanol–water partition coefficient (Wildman–Crippen LogP) is 3.60. The van der Waals surface area contributed by atoms with Gasteiger partial charge < -0.3 is 4.79 Å². The van der Waals surface area contributed by atoms with Gasteiger partial charge >= 0.3 is 0 Å². The van der Waals surface area contributed by atoms with Gasteiger partial charge in [0.15, 0.2) is 0 Å². The van der Waals surface area contributed by atoms with E-state index in [1.807, 2.05) is 0 Å². The van der Waals surface area contributed by atoms with E-state index in [9.17, 15) is 4.79 Å². The molecule has 86 valence electrons. The molecular weight excluding hydrogens is 196 g/mol. The highest BCUT2D eigenvalue weighted by Gasteiger charge is 2.22. The Balaban J connectivity index is 2.43. The van der Waals surface area contributed by atoms with Crippen molar-refractivity contribution in [3.8, 4) is 0 Å². The topological polar surface area (TPSA) is 17.1 Å². The van der Waals surface area contributed by atoms with Crippen LogP contribution >= 0.6 is 0 Å². The van der Waals surface area contributed by atoms with E-state index >= 15 is 0 Å². The number of fused-ring (bicyclic) bond motifs is 1. The summed E-state index contributed by atoms with van der Waals surface area (Å²) in [5, 5.41) is 0. The number of aryl methyl sites for hydroxylation is 1. The number of hydrogen-bond donors (Lipinski definition) is 0. The molecule has 0 radical (unpaired) electrons. The molecule has 1 aliphatic carbocycles. The average molecular weight is 216 g/mol. The summed E-state index contributed by atoms with van der Waals surface area (Å²) in [7, 11) is 0. The molecule has 1 aromatic carbocycles. The fourth-order valence-corrected chi connectivity index (χ4v) is 2.46. The first-order valence-electron chi connectivity index (χ1n) is 6.11. The molecule has 0 bridgehead atoms. The molecule has 0 N–H and O–H groups in total. The maximum Gasteiger partial charge on any atom is 0.127 e. The summed E-state index contributed by atoms with van der Waals surface area (Å²) < 4.78 is 0. The lowest BCUT2D eigenvalue weighted by molar-refractivity contribution is -0.109. The first kappa shape index (κ1) is 11.4. The van der Waals surface area contributed by atoms with Gasteiger partial charge in [0.05, 0.1) is 0 Å². The van der Waals surface area contributed by atoms with Crippen molar-refractivity contribution in [1.29, 1.82) is 0 Å². The van der Waals surface area contributed by atoms with Crippen molar-refractivity contribution < 1.29 is 4.79 Å². The first-order valence-corrected chi connectivity index (χ1v) is 6.11. The average Bonchev–Trinajstić information content (AvgIpc) is 2.26. The van der Waals surface area contributed by atoms with Crippen molar-refractivity contribution in [2.45, 2.75) is 51.4 Å². The molecule has 0 spiro atoms. The van der Waals surface area contributed by atoms with Gasteiger partial charge in [-0.25, -0.2) is 0 Å². The lowest BCUT2D eigenvalue weighted by Crippen LogP contribution is -2.15. The maximum absolute atomic E-state index is 11.0. The molecule has 0 fully saturated rings.